The number of hydrogen-bond acceptors (Lipinski definition) is 3. The average molecular weight is 512 g/mol. The standard InChI is InChI=1S/C21H23ClIN3O2/c1-2-25-8-10-26(11-9-25)21(28)18-14-17(6-7-19(18)22)24-20(27)13-15-4-3-5-16(23)12-15/h3-7,12,14H,2,8-11,13H2,1H3,(H,24,27). The third kappa shape index (κ3) is 5.46. The fraction of sp³-hybridized carbons (Fsp3) is 0.333. The van der Waals surface area contributed by atoms with Gasteiger partial charge < -0.3 is 15.1 Å². The van der Waals surface area contributed by atoms with Crippen LogP contribution in [0, 0.1) is 3.57 Å². The van der Waals surface area contributed by atoms with E-state index in [0.29, 0.717) is 29.4 Å². The first kappa shape index (κ1) is 21.1. The van der Waals surface area contributed by atoms with E-state index in [1.807, 2.05) is 29.2 Å². The summed E-state index contributed by atoms with van der Waals surface area (Å²) in [5.41, 5.74) is 1.96. The number of halogens is 2. The van der Waals surface area contributed by atoms with Crippen LogP contribution in [-0.2, 0) is 11.2 Å². The molecule has 0 aromatic heterocycles. The van der Waals surface area contributed by atoms with Gasteiger partial charge in [0.05, 0.1) is 17.0 Å². The number of rotatable bonds is 5. The molecule has 1 aliphatic heterocycles. The molecule has 2 aromatic rings. The van der Waals surface area contributed by atoms with Gasteiger partial charge in [0.15, 0.2) is 0 Å². The first-order chi connectivity index (χ1) is 13.5. The molecule has 3 rings (SSSR count). The molecule has 1 aliphatic rings. The van der Waals surface area contributed by atoms with Crippen LogP contribution < -0.4 is 5.32 Å². The predicted octanol–water partition coefficient (Wildman–Crippen LogP) is 3.90. The maximum Gasteiger partial charge on any atom is 0.255 e. The molecule has 1 fully saturated rings. The normalized spacial score (nSPS) is 14.8. The van der Waals surface area contributed by atoms with Gasteiger partial charge in [0, 0.05) is 35.4 Å². The van der Waals surface area contributed by atoms with Crippen molar-refractivity contribution < 1.29 is 9.59 Å². The van der Waals surface area contributed by atoms with Crippen LogP contribution >= 0.6 is 34.2 Å². The van der Waals surface area contributed by atoms with Crippen molar-refractivity contribution in [3.63, 3.8) is 0 Å². The van der Waals surface area contributed by atoms with E-state index < -0.39 is 0 Å². The number of amides is 2. The van der Waals surface area contributed by atoms with Crippen molar-refractivity contribution in [3.05, 3.63) is 62.2 Å². The largest absolute Gasteiger partial charge is 0.336 e. The summed E-state index contributed by atoms with van der Waals surface area (Å²) < 4.78 is 1.09. The van der Waals surface area contributed by atoms with Crippen molar-refractivity contribution in [2.75, 3.05) is 38.0 Å². The van der Waals surface area contributed by atoms with Crippen LogP contribution in [0.5, 0.6) is 0 Å². The van der Waals surface area contributed by atoms with Crippen LogP contribution in [0.3, 0.4) is 0 Å². The van der Waals surface area contributed by atoms with Crippen LogP contribution in [0.4, 0.5) is 5.69 Å². The van der Waals surface area contributed by atoms with E-state index in [9.17, 15) is 9.59 Å². The van der Waals surface area contributed by atoms with Crippen molar-refractivity contribution in [2.45, 2.75) is 13.3 Å². The van der Waals surface area contributed by atoms with E-state index in [1.54, 1.807) is 18.2 Å². The number of nitrogens with one attached hydrogen (secondary N) is 1. The van der Waals surface area contributed by atoms with Crippen LogP contribution in [0.1, 0.15) is 22.8 Å². The van der Waals surface area contributed by atoms with E-state index in [1.165, 1.54) is 0 Å². The molecule has 148 valence electrons. The van der Waals surface area contributed by atoms with Gasteiger partial charge in [0.1, 0.15) is 0 Å². The van der Waals surface area contributed by atoms with Gasteiger partial charge >= 0.3 is 0 Å². The van der Waals surface area contributed by atoms with Crippen molar-refractivity contribution in [1.29, 1.82) is 0 Å². The second kappa shape index (κ2) is 9.71. The number of likely N-dealkylation sites (N-methyl/N-ethyl adjacent to an activating group) is 1. The summed E-state index contributed by atoms with van der Waals surface area (Å²) in [6.45, 7) is 6.22. The van der Waals surface area contributed by atoms with Gasteiger partial charge in [0.25, 0.3) is 5.91 Å². The molecule has 2 aromatic carbocycles. The minimum Gasteiger partial charge on any atom is -0.336 e. The molecule has 7 heteroatoms. The molecule has 0 unspecified atom stereocenters. The average Bonchev–Trinajstić information content (AvgIpc) is 2.69. The molecule has 0 spiro atoms. The number of carbonyl (C=O) groups excluding carboxylic acids is 2. The molecule has 1 N–H and O–H groups in total. The zero-order chi connectivity index (χ0) is 20.1. The molecule has 0 saturated carbocycles. The smallest absolute Gasteiger partial charge is 0.255 e. The lowest BCUT2D eigenvalue weighted by Crippen LogP contribution is -2.48. The zero-order valence-electron chi connectivity index (χ0n) is 15.8. The number of hydrogen-bond donors (Lipinski definition) is 1. The van der Waals surface area contributed by atoms with E-state index in [0.717, 1.165) is 28.8 Å². The summed E-state index contributed by atoms with van der Waals surface area (Å²) in [6.07, 6.45) is 0.279. The Morgan fingerprint density at radius 3 is 2.54 bits per heavy atom. The van der Waals surface area contributed by atoms with Crippen LogP contribution in [0.2, 0.25) is 5.02 Å². The fourth-order valence-electron chi connectivity index (χ4n) is 3.24. The first-order valence-electron chi connectivity index (χ1n) is 9.31. The van der Waals surface area contributed by atoms with Gasteiger partial charge in [-0.2, -0.15) is 0 Å². The van der Waals surface area contributed by atoms with Crippen molar-refractivity contribution in [3.8, 4) is 0 Å². The minimum absolute atomic E-state index is 0.0885. The summed E-state index contributed by atoms with van der Waals surface area (Å²) in [7, 11) is 0. The Kier molecular flexibility index (Phi) is 7.31. The Bertz CT molecular complexity index is 866. The fourth-order valence-corrected chi connectivity index (χ4v) is 4.05. The summed E-state index contributed by atoms with van der Waals surface area (Å²) in [6, 6.07) is 12.9. The highest BCUT2D eigenvalue weighted by atomic mass is 127. The predicted molar refractivity (Wildman–Crippen MR) is 121 cm³/mol. The van der Waals surface area contributed by atoms with Crippen molar-refractivity contribution in [1.82, 2.24) is 9.80 Å². The molecule has 2 amide bonds. The molecule has 0 atom stereocenters. The summed E-state index contributed by atoms with van der Waals surface area (Å²) >= 11 is 8.50. The van der Waals surface area contributed by atoms with E-state index in [2.05, 4.69) is 39.7 Å². The molecule has 0 bridgehead atoms. The zero-order valence-corrected chi connectivity index (χ0v) is 18.7. The third-order valence-corrected chi connectivity index (χ3v) is 5.84. The monoisotopic (exact) mass is 511 g/mol. The van der Waals surface area contributed by atoms with Gasteiger partial charge in [0.2, 0.25) is 5.91 Å². The van der Waals surface area contributed by atoms with Crippen LogP contribution in [0.25, 0.3) is 0 Å². The second-order valence-electron chi connectivity index (χ2n) is 6.78. The van der Waals surface area contributed by atoms with Crippen molar-refractivity contribution >= 4 is 51.7 Å². The van der Waals surface area contributed by atoms with Gasteiger partial charge in [-0.15, -0.1) is 0 Å². The number of nitrogens with zero attached hydrogens (tertiary/aromatic N) is 2. The molecule has 0 radical (unpaired) electrons. The lowest BCUT2D eigenvalue weighted by atomic mass is 10.1. The summed E-state index contributed by atoms with van der Waals surface area (Å²) in [4.78, 5) is 29.4. The Balaban J connectivity index is 1.67. The number of piperazine rings is 1. The van der Waals surface area contributed by atoms with Gasteiger partial charge in [-0.3, -0.25) is 9.59 Å². The molecule has 0 aliphatic carbocycles. The third-order valence-electron chi connectivity index (χ3n) is 4.84. The lowest BCUT2D eigenvalue weighted by molar-refractivity contribution is -0.115. The highest BCUT2D eigenvalue weighted by Crippen LogP contribution is 2.23. The highest BCUT2D eigenvalue weighted by Gasteiger charge is 2.23. The van der Waals surface area contributed by atoms with Crippen LogP contribution in [-0.4, -0.2) is 54.3 Å². The van der Waals surface area contributed by atoms with Crippen molar-refractivity contribution in [2.24, 2.45) is 0 Å². The van der Waals surface area contributed by atoms with Crippen LogP contribution in [0.15, 0.2) is 42.5 Å². The number of carbonyl (C=O) groups is 2. The molecule has 28 heavy (non-hydrogen) atoms. The molecule has 5 nitrogen and oxygen atoms in total. The Morgan fingerprint density at radius 1 is 1.11 bits per heavy atom. The SMILES string of the molecule is CCN1CCN(C(=O)c2cc(NC(=O)Cc3cccc(I)c3)ccc2Cl)CC1. The van der Waals surface area contributed by atoms with E-state index >= 15 is 0 Å². The summed E-state index contributed by atoms with van der Waals surface area (Å²) in [5.74, 6) is -0.214. The van der Waals surface area contributed by atoms with Gasteiger partial charge in [-0.25, -0.2) is 0 Å². The molecule has 1 heterocycles. The van der Waals surface area contributed by atoms with E-state index in [-0.39, 0.29) is 18.2 Å². The topological polar surface area (TPSA) is 52.6 Å². The highest BCUT2D eigenvalue weighted by molar-refractivity contribution is 14.1. The Hall–Kier alpha value is -1.64. The minimum atomic E-state index is -0.126. The number of anilines is 1. The first-order valence-corrected chi connectivity index (χ1v) is 10.8. The number of benzene rings is 2. The maximum absolute atomic E-state index is 12.9. The maximum atomic E-state index is 12.9. The molecular formula is C21H23ClIN3O2. The van der Waals surface area contributed by atoms with E-state index in [4.69, 9.17) is 11.6 Å². The second-order valence-corrected chi connectivity index (χ2v) is 8.43. The Morgan fingerprint density at radius 2 is 1.86 bits per heavy atom. The quantitative estimate of drug-likeness (QED) is 0.620. The van der Waals surface area contributed by atoms with Gasteiger partial charge in [-0.1, -0.05) is 30.7 Å². The molecule has 1 saturated heterocycles. The summed E-state index contributed by atoms with van der Waals surface area (Å²) in [5, 5.41) is 3.27. The lowest BCUT2D eigenvalue weighted by Gasteiger charge is -2.34. The molecular weight excluding hydrogens is 489 g/mol. The Labute approximate surface area is 184 Å². The van der Waals surface area contributed by atoms with Gasteiger partial charge in [-0.05, 0) is 65.0 Å².